The summed E-state index contributed by atoms with van der Waals surface area (Å²) < 4.78 is 5.88. The van der Waals surface area contributed by atoms with Crippen molar-refractivity contribution >= 4 is 0 Å². The fraction of sp³-hybridized carbons (Fsp3) is 1.00. The molecule has 112 valence electrons. The largest absolute Gasteiger partial charge is 0.374 e. The summed E-state index contributed by atoms with van der Waals surface area (Å²) in [5, 5.41) is 3.78. The summed E-state index contributed by atoms with van der Waals surface area (Å²) >= 11 is 0. The van der Waals surface area contributed by atoms with Crippen LogP contribution < -0.4 is 11.1 Å². The van der Waals surface area contributed by atoms with Crippen LogP contribution in [0.25, 0.3) is 0 Å². The topological polar surface area (TPSA) is 47.3 Å². The van der Waals surface area contributed by atoms with Gasteiger partial charge in [-0.3, -0.25) is 0 Å². The first-order valence-electron chi connectivity index (χ1n) is 8.20. The molecule has 0 radical (unpaired) electrons. The number of rotatable bonds is 6. The summed E-state index contributed by atoms with van der Waals surface area (Å²) in [5.41, 5.74) is 6.31. The van der Waals surface area contributed by atoms with E-state index in [0.717, 1.165) is 25.6 Å². The first-order valence-corrected chi connectivity index (χ1v) is 8.20. The Kier molecular flexibility index (Phi) is 5.27. The molecule has 19 heavy (non-hydrogen) atoms. The Morgan fingerprint density at radius 3 is 2.53 bits per heavy atom. The van der Waals surface area contributed by atoms with E-state index in [1.807, 2.05) is 0 Å². The van der Waals surface area contributed by atoms with Gasteiger partial charge in [0.05, 0.1) is 5.60 Å². The highest BCUT2D eigenvalue weighted by Crippen LogP contribution is 2.35. The summed E-state index contributed by atoms with van der Waals surface area (Å²) in [5.74, 6) is 0.935. The van der Waals surface area contributed by atoms with Crippen LogP contribution in [0.4, 0.5) is 0 Å². The number of nitrogens with one attached hydrogen (secondary N) is 1. The minimum atomic E-state index is 0.0441. The monoisotopic (exact) mass is 268 g/mol. The standard InChI is InChI=1S/C16H32N2O/c1-3-5-14-6-9-16(12-17,10-7-14)18-13-15(2)8-4-11-19-15/h14,18H,3-13,17H2,1-2H3. The zero-order valence-electron chi connectivity index (χ0n) is 12.8. The minimum Gasteiger partial charge on any atom is -0.374 e. The van der Waals surface area contributed by atoms with E-state index >= 15 is 0 Å². The summed E-state index contributed by atoms with van der Waals surface area (Å²) in [7, 11) is 0. The highest BCUT2D eigenvalue weighted by molar-refractivity contribution is 4.96. The Morgan fingerprint density at radius 2 is 2.00 bits per heavy atom. The lowest BCUT2D eigenvalue weighted by Gasteiger charge is -2.42. The van der Waals surface area contributed by atoms with Gasteiger partial charge in [-0.2, -0.15) is 0 Å². The second-order valence-corrected chi connectivity index (χ2v) is 6.97. The molecule has 2 aliphatic rings. The summed E-state index contributed by atoms with van der Waals surface area (Å²) in [6.45, 7) is 7.18. The number of nitrogens with two attached hydrogens (primary N) is 1. The van der Waals surface area contributed by atoms with Gasteiger partial charge < -0.3 is 15.8 Å². The summed E-state index contributed by atoms with van der Waals surface area (Å²) in [4.78, 5) is 0. The Bertz CT molecular complexity index is 266. The maximum atomic E-state index is 6.08. The summed E-state index contributed by atoms with van der Waals surface area (Å²) in [6.07, 6.45) is 10.3. The van der Waals surface area contributed by atoms with Crippen molar-refractivity contribution in [2.75, 3.05) is 19.7 Å². The van der Waals surface area contributed by atoms with Crippen LogP contribution in [0.1, 0.15) is 65.2 Å². The van der Waals surface area contributed by atoms with E-state index in [4.69, 9.17) is 10.5 Å². The van der Waals surface area contributed by atoms with Gasteiger partial charge in [0.1, 0.15) is 0 Å². The van der Waals surface area contributed by atoms with E-state index in [9.17, 15) is 0 Å². The fourth-order valence-electron chi connectivity index (χ4n) is 3.73. The van der Waals surface area contributed by atoms with Gasteiger partial charge in [0.2, 0.25) is 0 Å². The van der Waals surface area contributed by atoms with E-state index < -0.39 is 0 Å². The molecule has 3 N–H and O–H groups in total. The molecule has 1 heterocycles. The third-order valence-corrected chi connectivity index (χ3v) is 5.29. The Hall–Kier alpha value is -0.120. The highest BCUT2D eigenvalue weighted by Gasteiger charge is 2.37. The molecule has 1 saturated carbocycles. The zero-order valence-corrected chi connectivity index (χ0v) is 12.8. The van der Waals surface area contributed by atoms with Crippen molar-refractivity contribution in [3.8, 4) is 0 Å². The van der Waals surface area contributed by atoms with E-state index in [0.29, 0.717) is 0 Å². The first-order chi connectivity index (χ1) is 9.11. The van der Waals surface area contributed by atoms with E-state index in [-0.39, 0.29) is 11.1 Å². The van der Waals surface area contributed by atoms with Gasteiger partial charge in [-0.1, -0.05) is 19.8 Å². The lowest BCUT2D eigenvalue weighted by atomic mass is 9.75. The normalized spacial score (nSPS) is 39.6. The van der Waals surface area contributed by atoms with E-state index in [1.165, 1.54) is 51.4 Å². The van der Waals surface area contributed by atoms with Crippen molar-refractivity contribution in [1.29, 1.82) is 0 Å². The van der Waals surface area contributed by atoms with Crippen LogP contribution in [0.2, 0.25) is 0 Å². The molecule has 0 amide bonds. The van der Waals surface area contributed by atoms with Crippen LogP contribution in [0, 0.1) is 5.92 Å². The molecule has 2 rings (SSSR count). The predicted octanol–water partition coefficient (Wildman–Crippen LogP) is 2.83. The number of ether oxygens (including phenoxy) is 1. The van der Waals surface area contributed by atoms with Gasteiger partial charge in [-0.05, 0) is 51.4 Å². The van der Waals surface area contributed by atoms with Gasteiger partial charge in [0.25, 0.3) is 0 Å². The van der Waals surface area contributed by atoms with Crippen LogP contribution >= 0.6 is 0 Å². The molecule has 1 aliphatic heterocycles. The smallest absolute Gasteiger partial charge is 0.0779 e. The van der Waals surface area contributed by atoms with Crippen molar-refractivity contribution in [1.82, 2.24) is 5.32 Å². The minimum absolute atomic E-state index is 0.0441. The number of hydrogen-bond donors (Lipinski definition) is 2. The molecule has 1 atom stereocenters. The second kappa shape index (κ2) is 6.55. The SMILES string of the molecule is CCCC1CCC(CN)(NCC2(C)CCCO2)CC1. The van der Waals surface area contributed by atoms with Crippen molar-refractivity contribution in [3.63, 3.8) is 0 Å². The third kappa shape index (κ3) is 3.93. The maximum absolute atomic E-state index is 6.08. The van der Waals surface area contributed by atoms with Gasteiger partial charge in [-0.25, -0.2) is 0 Å². The molecule has 0 spiro atoms. The molecule has 0 bridgehead atoms. The molecule has 1 saturated heterocycles. The lowest BCUT2D eigenvalue weighted by molar-refractivity contribution is 0.0107. The molecule has 0 aromatic heterocycles. The zero-order chi connectivity index (χ0) is 13.8. The molecule has 1 unspecified atom stereocenters. The molecule has 0 aromatic carbocycles. The first kappa shape index (κ1) is 15.3. The quantitative estimate of drug-likeness (QED) is 0.779. The van der Waals surface area contributed by atoms with Crippen molar-refractivity contribution in [2.45, 2.75) is 76.4 Å². The average molecular weight is 268 g/mol. The van der Waals surface area contributed by atoms with Gasteiger partial charge in [0, 0.05) is 25.2 Å². The van der Waals surface area contributed by atoms with Crippen molar-refractivity contribution < 1.29 is 4.74 Å². The van der Waals surface area contributed by atoms with Crippen molar-refractivity contribution in [2.24, 2.45) is 11.7 Å². The van der Waals surface area contributed by atoms with Gasteiger partial charge in [-0.15, -0.1) is 0 Å². The molecular formula is C16H32N2O. The fourth-order valence-corrected chi connectivity index (χ4v) is 3.73. The van der Waals surface area contributed by atoms with Crippen molar-refractivity contribution in [3.05, 3.63) is 0 Å². The van der Waals surface area contributed by atoms with Crippen LogP contribution in [-0.4, -0.2) is 30.8 Å². The maximum Gasteiger partial charge on any atom is 0.0779 e. The lowest BCUT2D eigenvalue weighted by Crippen LogP contribution is -2.57. The van der Waals surface area contributed by atoms with Crippen LogP contribution in [0.5, 0.6) is 0 Å². The van der Waals surface area contributed by atoms with Gasteiger partial charge in [0.15, 0.2) is 0 Å². The van der Waals surface area contributed by atoms with Crippen LogP contribution in [-0.2, 0) is 4.74 Å². The molecule has 3 nitrogen and oxygen atoms in total. The van der Waals surface area contributed by atoms with Crippen LogP contribution in [0.15, 0.2) is 0 Å². The highest BCUT2D eigenvalue weighted by atomic mass is 16.5. The summed E-state index contributed by atoms with van der Waals surface area (Å²) in [6, 6.07) is 0. The van der Waals surface area contributed by atoms with Crippen LogP contribution in [0.3, 0.4) is 0 Å². The Morgan fingerprint density at radius 1 is 1.26 bits per heavy atom. The van der Waals surface area contributed by atoms with E-state index in [1.54, 1.807) is 0 Å². The average Bonchev–Trinajstić information content (AvgIpc) is 2.86. The van der Waals surface area contributed by atoms with Gasteiger partial charge >= 0.3 is 0 Å². The molecular weight excluding hydrogens is 236 g/mol. The second-order valence-electron chi connectivity index (χ2n) is 6.97. The third-order valence-electron chi connectivity index (χ3n) is 5.29. The molecule has 1 aliphatic carbocycles. The Balaban J connectivity index is 1.82. The Labute approximate surface area is 118 Å². The van der Waals surface area contributed by atoms with E-state index in [2.05, 4.69) is 19.2 Å². The molecule has 3 heteroatoms. The predicted molar refractivity (Wildman–Crippen MR) is 80.2 cm³/mol. The number of hydrogen-bond acceptors (Lipinski definition) is 3. The molecule has 2 fully saturated rings. The molecule has 0 aromatic rings.